The monoisotopic (exact) mass is 376 g/mol. The number of nitrogens with zero attached hydrogens (tertiary/aromatic N) is 3. The van der Waals surface area contributed by atoms with Gasteiger partial charge in [-0.2, -0.15) is 4.31 Å². The molecule has 2 aromatic heterocycles. The second-order valence-electron chi connectivity index (χ2n) is 5.45. The number of anilines is 1. The standard InChI is InChI=1S/C17H20N4O2S2/c1-3-21(4-2)25(22,23)14-7-5-13(6-8-14)11-18-16-15-9-10-24-17(15)20-12-19-16/h5-10,12H,3-4,11H2,1-2H3,(H,18,19,20). The molecular formula is C17H20N4O2S2. The summed E-state index contributed by atoms with van der Waals surface area (Å²) in [6.07, 6.45) is 1.54. The van der Waals surface area contributed by atoms with E-state index in [1.54, 1.807) is 29.8 Å². The van der Waals surface area contributed by atoms with Crippen molar-refractivity contribution in [3.63, 3.8) is 0 Å². The highest BCUT2D eigenvalue weighted by Crippen LogP contribution is 2.24. The highest BCUT2D eigenvalue weighted by molar-refractivity contribution is 7.89. The number of benzene rings is 1. The van der Waals surface area contributed by atoms with Gasteiger partial charge in [-0.15, -0.1) is 11.3 Å². The Morgan fingerprint density at radius 3 is 2.48 bits per heavy atom. The quantitative estimate of drug-likeness (QED) is 0.684. The summed E-state index contributed by atoms with van der Waals surface area (Å²) in [6.45, 7) is 5.17. The van der Waals surface area contributed by atoms with Crippen molar-refractivity contribution in [1.82, 2.24) is 14.3 Å². The Morgan fingerprint density at radius 1 is 1.08 bits per heavy atom. The van der Waals surface area contributed by atoms with Crippen LogP contribution in [0.3, 0.4) is 0 Å². The molecule has 0 aliphatic heterocycles. The SMILES string of the molecule is CCN(CC)S(=O)(=O)c1ccc(CNc2ncnc3sccc23)cc1. The van der Waals surface area contributed by atoms with Gasteiger partial charge < -0.3 is 5.32 Å². The van der Waals surface area contributed by atoms with Crippen molar-refractivity contribution in [2.24, 2.45) is 0 Å². The molecule has 132 valence electrons. The van der Waals surface area contributed by atoms with Crippen LogP contribution in [0.5, 0.6) is 0 Å². The maximum atomic E-state index is 12.5. The van der Waals surface area contributed by atoms with Gasteiger partial charge in [0.1, 0.15) is 17.0 Å². The van der Waals surface area contributed by atoms with E-state index in [2.05, 4.69) is 15.3 Å². The maximum absolute atomic E-state index is 12.5. The fourth-order valence-electron chi connectivity index (χ4n) is 2.61. The summed E-state index contributed by atoms with van der Waals surface area (Å²) in [4.78, 5) is 9.77. The van der Waals surface area contributed by atoms with E-state index in [1.807, 2.05) is 37.4 Å². The van der Waals surface area contributed by atoms with Gasteiger partial charge in [-0.25, -0.2) is 18.4 Å². The molecule has 0 saturated heterocycles. The van der Waals surface area contributed by atoms with Crippen LogP contribution in [0.4, 0.5) is 5.82 Å². The molecule has 8 heteroatoms. The normalized spacial score (nSPS) is 12.0. The molecule has 1 N–H and O–H groups in total. The Bertz CT molecular complexity index is 948. The Hall–Kier alpha value is -2.03. The molecule has 2 heterocycles. The molecule has 0 bridgehead atoms. The first-order valence-corrected chi connectivity index (χ1v) is 10.4. The zero-order valence-electron chi connectivity index (χ0n) is 14.1. The molecule has 0 aliphatic rings. The number of thiophene rings is 1. The van der Waals surface area contributed by atoms with Crippen molar-refractivity contribution in [3.8, 4) is 0 Å². The van der Waals surface area contributed by atoms with Crippen LogP contribution in [-0.2, 0) is 16.6 Å². The largest absolute Gasteiger partial charge is 0.365 e. The van der Waals surface area contributed by atoms with Crippen molar-refractivity contribution in [1.29, 1.82) is 0 Å². The van der Waals surface area contributed by atoms with Crippen LogP contribution < -0.4 is 5.32 Å². The molecule has 25 heavy (non-hydrogen) atoms. The summed E-state index contributed by atoms with van der Waals surface area (Å²) in [7, 11) is -3.41. The van der Waals surface area contributed by atoms with Crippen LogP contribution in [-0.4, -0.2) is 35.8 Å². The van der Waals surface area contributed by atoms with Crippen LogP contribution >= 0.6 is 11.3 Å². The molecule has 3 aromatic rings. The number of rotatable bonds is 7. The third-order valence-corrected chi connectivity index (χ3v) is 6.87. The predicted octanol–water partition coefficient (Wildman–Crippen LogP) is 3.33. The third kappa shape index (κ3) is 3.65. The van der Waals surface area contributed by atoms with Gasteiger partial charge in [0.2, 0.25) is 10.0 Å². The second-order valence-corrected chi connectivity index (χ2v) is 8.28. The molecular weight excluding hydrogens is 356 g/mol. The third-order valence-electron chi connectivity index (χ3n) is 3.99. The summed E-state index contributed by atoms with van der Waals surface area (Å²) in [5.74, 6) is 0.783. The number of hydrogen-bond acceptors (Lipinski definition) is 6. The lowest BCUT2D eigenvalue weighted by Crippen LogP contribution is -2.30. The fourth-order valence-corrected chi connectivity index (χ4v) is 4.80. The summed E-state index contributed by atoms with van der Waals surface area (Å²) in [5.41, 5.74) is 0.987. The summed E-state index contributed by atoms with van der Waals surface area (Å²) in [5, 5.41) is 6.27. The van der Waals surface area contributed by atoms with Crippen molar-refractivity contribution < 1.29 is 8.42 Å². The molecule has 0 unspecified atom stereocenters. The second kappa shape index (κ2) is 7.47. The van der Waals surface area contributed by atoms with E-state index in [-0.39, 0.29) is 0 Å². The zero-order valence-corrected chi connectivity index (χ0v) is 15.8. The summed E-state index contributed by atoms with van der Waals surface area (Å²) < 4.78 is 26.4. The minimum absolute atomic E-state index is 0.321. The van der Waals surface area contributed by atoms with E-state index in [9.17, 15) is 8.42 Å². The van der Waals surface area contributed by atoms with Crippen molar-refractivity contribution in [3.05, 3.63) is 47.6 Å². The van der Waals surface area contributed by atoms with Gasteiger partial charge >= 0.3 is 0 Å². The van der Waals surface area contributed by atoms with Crippen molar-refractivity contribution in [2.45, 2.75) is 25.3 Å². The lowest BCUT2D eigenvalue weighted by molar-refractivity contribution is 0.445. The van der Waals surface area contributed by atoms with Crippen LogP contribution in [0.25, 0.3) is 10.2 Å². The van der Waals surface area contributed by atoms with Crippen molar-refractivity contribution in [2.75, 3.05) is 18.4 Å². The first kappa shape index (κ1) is 17.8. The first-order valence-electron chi connectivity index (χ1n) is 8.07. The molecule has 0 saturated carbocycles. The molecule has 6 nitrogen and oxygen atoms in total. The van der Waals surface area contributed by atoms with E-state index in [0.717, 1.165) is 21.6 Å². The van der Waals surface area contributed by atoms with E-state index in [4.69, 9.17) is 0 Å². The molecule has 0 spiro atoms. The number of nitrogens with one attached hydrogen (secondary N) is 1. The Balaban J connectivity index is 1.74. The molecule has 0 amide bonds. The van der Waals surface area contributed by atoms with E-state index in [1.165, 1.54) is 4.31 Å². The summed E-state index contributed by atoms with van der Waals surface area (Å²) >= 11 is 1.57. The van der Waals surface area contributed by atoms with Gasteiger partial charge in [-0.3, -0.25) is 0 Å². The molecule has 0 fully saturated rings. The topological polar surface area (TPSA) is 75.2 Å². The lowest BCUT2D eigenvalue weighted by Gasteiger charge is -2.18. The zero-order chi connectivity index (χ0) is 17.9. The molecule has 0 radical (unpaired) electrons. The predicted molar refractivity (Wildman–Crippen MR) is 101 cm³/mol. The molecule has 3 rings (SSSR count). The Morgan fingerprint density at radius 2 is 1.80 bits per heavy atom. The van der Waals surface area contributed by atoms with Crippen LogP contribution in [0.1, 0.15) is 19.4 Å². The van der Waals surface area contributed by atoms with Gasteiger partial charge in [0.25, 0.3) is 0 Å². The van der Waals surface area contributed by atoms with Crippen LogP contribution in [0, 0.1) is 0 Å². The highest BCUT2D eigenvalue weighted by atomic mass is 32.2. The average Bonchev–Trinajstić information content (AvgIpc) is 3.10. The lowest BCUT2D eigenvalue weighted by atomic mass is 10.2. The minimum atomic E-state index is -3.41. The smallest absolute Gasteiger partial charge is 0.243 e. The van der Waals surface area contributed by atoms with E-state index in [0.29, 0.717) is 24.5 Å². The number of sulfonamides is 1. The number of hydrogen-bond donors (Lipinski definition) is 1. The van der Waals surface area contributed by atoms with Gasteiger partial charge in [0.05, 0.1) is 10.3 Å². The molecule has 0 aliphatic carbocycles. The van der Waals surface area contributed by atoms with Crippen molar-refractivity contribution >= 4 is 37.4 Å². The van der Waals surface area contributed by atoms with Gasteiger partial charge in [0.15, 0.2) is 0 Å². The van der Waals surface area contributed by atoms with E-state index >= 15 is 0 Å². The van der Waals surface area contributed by atoms with Gasteiger partial charge in [-0.1, -0.05) is 26.0 Å². The van der Waals surface area contributed by atoms with Gasteiger partial charge in [-0.05, 0) is 29.1 Å². The average molecular weight is 377 g/mol. The molecule has 0 atom stereocenters. The Labute approximate surface area is 151 Å². The number of aromatic nitrogens is 2. The first-order chi connectivity index (χ1) is 12.1. The van der Waals surface area contributed by atoms with Crippen LogP contribution in [0.15, 0.2) is 46.9 Å². The molecule has 1 aromatic carbocycles. The van der Waals surface area contributed by atoms with Gasteiger partial charge in [0, 0.05) is 19.6 Å². The Kier molecular flexibility index (Phi) is 5.31. The van der Waals surface area contributed by atoms with E-state index < -0.39 is 10.0 Å². The maximum Gasteiger partial charge on any atom is 0.243 e. The number of fused-ring (bicyclic) bond motifs is 1. The van der Waals surface area contributed by atoms with Crippen LogP contribution in [0.2, 0.25) is 0 Å². The fraction of sp³-hybridized carbons (Fsp3) is 0.294. The summed E-state index contributed by atoms with van der Waals surface area (Å²) in [6, 6.07) is 8.96. The highest BCUT2D eigenvalue weighted by Gasteiger charge is 2.21. The minimum Gasteiger partial charge on any atom is -0.365 e.